The molecule has 0 amide bonds. The zero-order chi connectivity index (χ0) is 14.8. The van der Waals surface area contributed by atoms with Crippen molar-refractivity contribution in [3.63, 3.8) is 0 Å². The molecule has 3 unspecified atom stereocenters. The fourth-order valence-corrected chi connectivity index (χ4v) is 5.50. The quantitative estimate of drug-likeness (QED) is 0.615. The Balaban J connectivity index is 1.45. The van der Waals surface area contributed by atoms with Crippen LogP contribution in [0.2, 0.25) is 0 Å². The number of hydrogen-bond acceptors (Lipinski definition) is 1. The summed E-state index contributed by atoms with van der Waals surface area (Å²) in [6.07, 6.45) is 9.99. The Bertz CT molecular complexity index is 319. The molecular weight excluding hydrogens is 286 g/mol. The molecule has 3 atom stereocenters. The third-order valence-electron chi connectivity index (χ3n) is 6.62. The van der Waals surface area contributed by atoms with E-state index < -0.39 is 12.3 Å². The Kier molecular flexibility index (Phi) is 5.50. The first-order valence-corrected chi connectivity index (χ1v) is 9.61. The van der Waals surface area contributed by atoms with Gasteiger partial charge in [0.2, 0.25) is 0 Å². The number of alkyl halides is 2. The third-order valence-corrected chi connectivity index (χ3v) is 7.14. The van der Waals surface area contributed by atoms with E-state index in [9.17, 15) is 8.78 Å². The van der Waals surface area contributed by atoms with Gasteiger partial charge in [0.25, 0.3) is 0 Å². The van der Waals surface area contributed by atoms with E-state index in [1.807, 2.05) is 0 Å². The van der Waals surface area contributed by atoms with Gasteiger partial charge in [-0.3, -0.25) is 0 Å². The van der Waals surface area contributed by atoms with Crippen LogP contribution in [0.3, 0.4) is 0 Å². The van der Waals surface area contributed by atoms with Gasteiger partial charge < -0.3 is 0 Å². The summed E-state index contributed by atoms with van der Waals surface area (Å²) in [4.78, 5) is 0. The molecule has 0 bridgehead atoms. The molecule has 0 spiro atoms. The molecular formula is C18H30F2S. The molecule has 3 heteroatoms. The summed E-state index contributed by atoms with van der Waals surface area (Å²) in [6, 6.07) is 0. The Morgan fingerprint density at radius 3 is 1.48 bits per heavy atom. The zero-order valence-electron chi connectivity index (χ0n) is 13.0. The van der Waals surface area contributed by atoms with Gasteiger partial charge in [0, 0.05) is 5.25 Å². The van der Waals surface area contributed by atoms with Crippen LogP contribution in [0, 0.1) is 23.7 Å². The van der Waals surface area contributed by atoms with E-state index in [0.29, 0.717) is 29.9 Å². The van der Waals surface area contributed by atoms with E-state index in [-0.39, 0.29) is 0 Å². The summed E-state index contributed by atoms with van der Waals surface area (Å²) >= 11 is 4.60. The van der Waals surface area contributed by atoms with Crippen LogP contribution in [-0.2, 0) is 0 Å². The van der Waals surface area contributed by atoms with Crippen LogP contribution in [0.25, 0.3) is 0 Å². The molecule has 3 aliphatic rings. The number of hydrogen-bond donors (Lipinski definition) is 1. The van der Waals surface area contributed by atoms with Gasteiger partial charge in [0.05, 0.1) is 0 Å². The van der Waals surface area contributed by atoms with E-state index in [1.54, 1.807) is 0 Å². The van der Waals surface area contributed by atoms with Crippen LogP contribution in [0.1, 0.15) is 70.6 Å². The van der Waals surface area contributed by atoms with Crippen molar-refractivity contribution in [2.24, 2.45) is 23.7 Å². The maximum Gasteiger partial charge on any atom is 0.131 e. The summed E-state index contributed by atoms with van der Waals surface area (Å²) in [6.45, 7) is 0. The molecule has 0 aromatic heterocycles. The minimum atomic E-state index is -1.19. The lowest BCUT2D eigenvalue weighted by Crippen LogP contribution is -2.34. The van der Waals surface area contributed by atoms with E-state index in [0.717, 1.165) is 18.3 Å². The SMILES string of the molecule is FC1CCC(C2CCC(C3CCC(S)CC3)CC2)CC1F. The fourth-order valence-electron chi connectivity index (χ4n) is 5.20. The van der Waals surface area contributed by atoms with Gasteiger partial charge in [0.15, 0.2) is 0 Å². The molecule has 3 rings (SSSR count). The minimum Gasteiger partial charge on any atom is -0.244 e. The summed E-state index contributed by atoms with van der Waals surface area (Å²) < 4.78 is 26.9. The van der Waals surface area contributed by atoms with Crippen molar-refractivity contribution in [2.75, 3.05) is 0 Å². The molecule has 3 fully saturated rings. The normalized spacial score (nSPS) is 49.0. The van der Waals surface area contributed by atoms with Gasteiger partial charge in [-0.1, -0.05) is 0 Å². The van der Waals surface area contributed by atoms with Crippen molar-refractivity contribution >= 4 is 12.6 Å². The number of thiol groups is 1. The minimum absolute atomic E-state index is 0.456. The smallest absolute Gasteiger partial charge is 0.131 e. The molecule has 0 aromatic carbocycles. The first kappa shape index (κ1) is 16.1. The highest BCUT2D eigenvalue weighted by molar-refractivity contribution is 7.80. The Morgan fingerprint density at radius 1 is 0.524 bits per heavy atom. The van der Waals surface area contributed by atoms with E-state index in [1.165, 1.54) is 51.4 Å². The lowest BCUT2D eigenvalue weighted by atomic mass is 9.66. The maximum absolute atomic E-state index is 13.6. The van der Waals surface area contributed by atoms with Crippen molar-refractivity contribution in [3.8, 4) is 0 Å². The first-order chi connectivity index (χ1) is 10.1. The predicted octanol–water partition coefficient (Wildman–Crippen LogP) is 5.76. The van der Waals surface area contributed by atoms with E-state index in [2.05, 4.69) is 12.6 Å². The lowest BCUT2D eigenvalue weighted by Gasteiger charge is -2.41. The van der Waals surface area contributed by atoms with Gasteiger partial charge in [0.1, 0.15) is 12.3 Å². The maximum atomic E-state index is 13.6. The predicted molar refractivity (Wildman–Crippen MR) is 87.3 cm³/mol. The van der Waals surface area contributed by atoms with Crippen LogP contribution in [-0.4, -0.2) is 17.6 Å². The van der Waals surface area contributed by atoms with Gasteiger partial charge in [-0.05, 0) is 94.3 Å². The topological polar surface area (TPSA) is 0 Å². The average Bonchev–Trinajstić information content (AvgIpc) is 2.51. The molecule has 0 nitrogen and oxygen atoms in total. The van der Waals surface area contributed by atoms with E-state index in [4.69, 9.17) is 0 Å². The molecule has 3 saturated carbocycles. The highest BCUT2D eigenvalue weighted by Gasteiger charge is 2.37. The van der Waals surface area contributed by atoms with Crippen LogP contribution >= 0.6 is 12.6 Å². The highest BCUT2D eigenvalue weighted by Crippen LogP contribution is 2.45. The van der Waals surface area contributed by atoms with Crippen molar-refractivity contribution in [1.29, 1.82) is 0 Å². The molecule has 0 saturated heterocycles. The summed E-state index contributed by atoms with van der Waals surface area (Å²) in [5, 5.41) is 0.634. The molecule has 0 radical (unpaired) electrons. The molecule has 122 valence electrons. The summed E-state index contributed by atoms with van der Waals surface area (Å²) in [5.41, 5.74) is 0. The van der Waals surface area contributed by atoms with Crippen LogP contribution in [0.5, 0.6) is 0 Å². The number of rotatable bonds is 2. The largest absolute Gasteiger partial charge is 0.244 e. The molecule has 0 aromatic rings. The van der Waals surface area contributed by atoms with Gasteiger partial charge in [-0.25, -0.2) is 8.78 Å². The number of halogens is 2. The van der Waals surface area contributed by atoms with Gasteiger partial charge in [-0.15, -0.1) is 0 Å². The molecule has 0 aliphatic heterocycles. The monoisotopic (exact) mass is 316 g/mol. The van der Waals surface area contributed by atoms with Crippen molar-refractivity contribution in [1.82, 2.24) is 0 Å². The molecule has 21 heavy (non-hydrogen) atoms. The zero-order valence-corrected chi connectivity index (χ0v) is 13.9. The van der Waals surface area contributed by atoms with Crippen LogP contribution in [0.15, 0.2) is 0 Å². The second-order valence-electron chi connectivity index (χ2n) is 7.85. The fraction of sp³-hybridized carbons (Fsp3) is 1.00. The molecule has 0 heterocycles. The standard InChI is InChI=1S/C18H30F2S/c19-17-10-7-15(11-18(17)20)14-3-1-12(2-4-14)13-5-8-16(21)9-6-13/h12-18,21H,1-11H2. The van der Waals surface area contributed by atoms with E-state index >= 15 is 0 Å². The van der Waals surface area contributed by atoms with Crippen molar-refractivity contribution < 1.29 is 8.78 Å². The summed E-state index contributed by atoms with van der Waals surface area (Å²) in [7, 11) is 0. The second-order valence-corrected chi connectivity index (χ2v) is 8.58. The highest BCUT2D eigenvalue weighted by atomic mass is 32.1. The Labute approximate surface area is 133 Å². The van der Waals surface area contributed by atoms with Crippen LogP contribution in [0.4, 0.5) is 8.78 Å². The van der Waals surface area contributed by atoms with Gasteiger partial charge >= 0.3 is 0 Å². The Hall–Kier alpha value is 0.210. The average molecular weight is 317 g/mol. The third kappa shape index (κ3) is 3.95. The van der Waals surface area contributed by atoms with Crippen LogP contribution < -0.4 is 0 Å². The second kappa shape index (κ2) is 7.19. The van der Waals surface area contributed by atoms with Crippen molar-refractivity contribution in [3.05, 3.63) is 0 Å². The first-order valence-electron chi connectivity index (χ1n) is 9.09. The summed E-state index contributed by atoms with van der Waals surface area (Å²) in [5.74, 6) is 2.96. The Morgan fingerprint density at radius 2 is 0.952 bits per heavy atom. The van der Waals surface area contributed by atoms with Gasteiger partial charge in [-0.2, -0.15) is 12.6 Å². The lowest BCUT2D eigenvalue weighted by molar-refractivity contribution is 0.0487. The molecule has 3 aliphatic carbocycles. The van der Waals surface area contributed by atoms with Crippen molar-refractivity contribution in [2.45, 2.75) is 88.2 Å². The molecule has 0 N–H and O–H groups in total.